The van der Waals surface area contributed by atoms with E-state index >= 15 is 0 Å². The van der Waals surface area contributed by atoms with E-state index in [2.05, 4.69) is 13.1 Å². The lowest BCUT2D eigenvalue weighted by Crippen LogP contribution is -2.78. The monoisotopic (exact) mass is 130 g/mol. The molecule has 0 atom stereocenters. The number of rotatable bonds is 0. The summed E-state index contributed by atoms with van der Waals surface area (Å²) < 4.78 is 5.68. The van der Waals surface area contributed by atoms with Crippen molar-refractivity contribution in [3.05, 3.63) is 0 Å². The van der Waals surface area contributed by atoms with Crippen LogP contribution in [0.2, 0.25) is 24.4 Å². The van der Waals surface area contributed by atoms with Gasteiger partial charge in [0.05, 0.1) is 0 Å². The van der Waals surface area contributed by atoms with Gasteiger partial charge in [-0.05, 0) is 24.4 Å². The summed E-state index contributed by atoms with van der Waals surface area (Å²) in [6.45, 7) is 4.70. The zero-order chi connectivity index (χ0) is 5.12. The fourth-order valence-corrected chi connectivity index (χ4v) is 19.0. The average molecular weight is 130 g/mol. The predicted octanol–water partition coefficient (Wildman–Crippen LogP) is 1.26. The van der Waals surface area contributed by atoms with Crippen molar-refractivity contribution in [2.75, 3.05) is 0 Å². The van der Waals surface area contributed by atoms with E-state index in [0.717, 1.165) is 0 Å². The zero-order valence-electron chi connectivity index (χ0n) is 4.82. The summed E-state index contributed by atoms with van der Waals surface area (Å²) in [5.74, 6) is 0. The zero-order valence-corrected chi connectivity index (χ0v) is 6.82. The van der Waals surface area contributed by atoms with Gasteiger partial charge in [-0.25, -0.2) is 0 Å². The highest BCUT2D eigenvalue weighted by molar-refractivity contribution is 7.19. The second-order valence-electron chi connectivity index (χ2n) is 3.36. The molecule has 3 heterocycles. The average Bonchev–Trinajstić information content (AvgIpc) is 1.27. The summed E-state index contributed by atoms with van der Waals surface area (Å²) in [6.07, 6.45) is 0. The maximum atomic E-state index is 5.68. The van der Waals surface area contributed by atoms with Crippen LogP contribution < -0.4 is 0 Å². The van der Waals surface area contributed by atoms with Crippen LogP contribution in [0.4, 0.5) is 0 Å². The van der Waals surface area contributed by atoms with E-state index in [-0.39, 0.29) is 0 Å². The minimum absolute atomic E-state index is 0.818. The second kappa shape index (κ2) is 0.785. The summed E-state index contributed by atoms with van der Waals surface area (Å²) in [7, 11) is -1.64. The lowest BCUT2D eigenvalue weighted by Gasteiger charge is -2.64. The van der Waals surface area contributed by atoms with Gasteiger partial charge in [0.15, 0.2) is 16.6 Å². The molecule has 7 heavy (non-hydrogen) atoms. The minimum Gasteiger partial charge on any atom is -0.456 e. The van der Waals surface area contributed by atoms with Crippen LogP contribution in [0.1, 0.15) is 0 Å². The van der Waals surface area contributed by atoms with Crippen molar-refractivity contribution in [1.29, 1.82) is 0 Å². The molecule has 0 aliphatic carbocycles. The highest BCUT2D eigenvalue weighted by atomic mass is 28.5. The molecule has 0 aromatic heterocycles. The van der Waals surface area contributed by atoms with E-state index in [0.29, 0.717) is 0 Å². The van der Waals surface area contributed by atoms with Gasteiger partial charge >= 0.3 is 0 Å². The van der Waals surface area contributed by atoms with Gasteiger partial charge in [0.2, 0.25) is 0 Å². The van der Waals surface area contributed by atoms with Crippen LogP contribution in [0.3, 0.4) is 0 Å². The standard InChI is InChI=1S/C4H10OSi2/c1-6-3-7(2,4-6)5-6/h3-4H2,1-2H3. The predicted molar refractivity (Wildman–Crippen MR) is 33.9 cm³/mol. The third kappa shape index (κ3) is 0.365. The Balaban J connectivity index is 2.16. The Hall–Kier alpha value is 0.394. The molecule has 3 aliphatic heterocycles. The summed E-state index contributed by atoms with van der Waals surface area (Å²) in [5.41, 5.74) is 3.14. The topological polar surface area (TPSA) is 9.23 Å². The number of hydrogen-bond donors (Lipinski definition) is 0. The van der Waals surface area contributed by atoms with Gasteiger partial charge in [0, 0.05) is 0 Å². The van der Waals surface area contributed by atoms with Crippen molar-refractivity contribution >= 4 is 16.6 Å². The molecule has 0 radical (unpaired) electrons. The smallest absolute Gasteiger partial charge is 0.175 e. The molecule has 0 unspecified atom stereocenters. The normalized spacial score (nSPS) is 66.0. The third-order valence-electron chi connectivity index (χ3n) is 1.99. The van der Waals surface area contributed by atoms with Crippen LogP contribution in [0.15, 0.2) is 0 Å². The van der Waals surface area contributed by atoms with E-state index < -0.39 is 16.6 Å². The first kappa shape index (κ1) is 4.29. The summed E-state index contributed by atoms with van der Waals surface area (Å²) in [4.78, 5) is 0. The van der Waals surface area contributed by atoms with Crippen molar-refractivity contribution in [2.45, 2.75) is 24.4 Å². The quantitative estimate of drug-likeness (QED) is 0.449. The molecule has 1 nitrogen and oxygen atoms in total. The Kier molecular flexibility index (Phi) is 0.481. The first-order chi connectivity index (χ1) is 3.12. The van der Waals surface area contributed by atoms with Gasteiger partial charge in [-0.15, -0.1) is 0 Å². The van der Waals surface area contributed by atoms with Gasteiger partial charge < -0.3 is 4.12 Å². The van der Waals surface area contributed by atoms with Crippen molar-refractivity contribution in [3.8, 4) is 0 Å². The van der Waals surface area contributed by atoms with Crippen LogP contribution in [-0.2, 0) is 4.12 Å². The highest BCUT2D eigenvalue weighted by Crippen LogP contribution is 2.54. The lowest BCUT2D eigenvalue weighted by molar-refractivity contribution is 0.441. The number of hydrogen-bond acceptors (Lipinski definition) is 1. The summed E-state index contributed by atoms with van der Waals surface area (Å²) in [6, 6.07) is 0. The van der Waals surface area contributed by atoms with Gasteiger partial charge in [0.25, 0.3) is 0 Å². The highest BCUT2D eigenvalue weighted by Gasteiger charge is 2.67. The fraction of sp³-hybridized carbons (Fsp3) is 1.00. The van der Waals surface area contributed by atoms with Crippen molar-refractivity contribution < 1.29 is 4.12 Å². The molecule has 0 aromatic carbocycles. The molecular weight excluding hydrogens is 120 g/mol. The molecule has 3 heteroatoms. The fourth-order valence-electron chi connectivity index (χ4n) is 2.11. The molecule has 2 bridgehead atoms. The van der Waals surface area contributed by atoms with E-state index in [4.69, 9.17) is 4.12 Å². The van der Waals surface area contributed by atoms with Crippen LogP contribution in [0.5, 0.6) is 0 Å². The molecule has 3 rings (SSSR count). The molecule has 3 aliphatic rings. The second-order valence-corrected chi connectivity index (χ2v) is 12.8. The first-order valence-corrected chi connectivity index (χ1v) is 8.47. The molecule has 0 amide bonds. The van der Waals surface area contributed by atoms with Gasteiger partial charge in [-0.3, -0.25) is 0 Å². The van der Waals surface area contributed by atoms with Gasteiger partial charge in [0.1, 0.15) is 0 Å². The maximum Gasteiger partial charge on any atom is 0.175 e. The van der Waals surface area contributed by atoms with Crippen molar-refractivity contribution in [1.82, 2.24) is 0 Å². The van der Waals surface area contributed by atoms with Gasteiger partial charge in [-0.1, -0.05) is 0 Å². The third-order valence-corrected chi connectivity index (χ3v) is 17.9. The Labute approximate surface area is 45.9 Å². The molecule has 3 fully saturated rings. The molecule has 40 valence electrons. The van der Waals surface area contributed by atoms with Crippen molar-refractivity contribution in [2.24, 2.45) is 0 Å². The maximum absolute atomic E-state index is 5.68. The first-order valence-electron chi connectivity index (χ1n) is 2.82. The molecule has 3 saturated heterocycles. The largest absolute Gasteiger partial charge is 0.456 e. The van der Waals surface area contributed by atoms with E-state index in [1.54, 1.807) is 11.3 Å². The Morgan fingerprint density at radius 3 is 1.43 bits per heavy atom. The molecule has 0 aromatic rings. The Morgan fingerprint density at radius 1 is 1.14 bits per heavy atom. The van der Waals surface area contributed by atoms with E-state index in [1.165, 1.54) is 0 Å². The summed E-state index contributed by atoms with van der Waals surface area (Å²) >= 11 is 0. The Bertz CT molecular complexity index is 91.1. The Morgan fingerprint density at radius 2 is 1.43 bits per heavy atom. The van der Waals surface area contributed by atoms with Crippen molar-refractivity contribution in [3.63, 3.8) is 0 Å². The van der Waals surface area contributed by atoms with E-state index in [1.807, 2.05) is 0 Å². The summed E-state index contributed by atoms with van der Waals surface area (Å²) in [5, 5.41) is 0. The molecule has 0 spiro atoms. The molecule has 0 saturated carbocycles. The van der Waals surface area contributed by atoms with Crippen LogP contribution in [0.25, 0.3) is 0 Å². The van der Waals surface area contributed by atoms with Gasteiger partial charge in [-0.2, -0.15) is 0 Å². The SMILES string of the molecule is C[Si]12C[Si](C)(C1)O2. The van der Waals surface area contributed by atoms with Crippen LogP contribution >= 0.6 is 0 Å². The van der Waals surface area contributed by atoms with E-state index in [9.17, 15) is 0 Å². The lowest BCUT2D eigenvalue weighted by atomic mass is 11.7. The molecule has 0 N–H and O–H groups in total. The minimum atomic E-state index is -0.818. The van der Waals surface area contributed by atoms with Crippen LogP contribution in [-0.4, -0.2) is 16.6 Å². The molecular formula is C4H10OSi2. The van der Waals surface area contributed by atoms with Crippen LogP contribution in [0, 0.1) is 0 Å².